The molecule has 0 bridgehead atoms. The van der Waals surface area contributed by atoms with Gasteiger partial charge in [-0.3, -0.25) is 0 Å². The zero-order valence-electron chi connectivity index (χ0n) is 4.59. The van der Waals surface area contributed by atoms with Gasteiger partial charge in [-0.25, -0.2) is 0 Å². The molecule has 0 aromatic rings. The first-order valence-electron chi connectivity index (χ1n) is 2.27. The molecule has 0 saturated heterocycles. The fourth-order valence-corrected chi connectivity index (χ4v) is 0.986. The van der Waals surface area contributed by atoms with Gasteiger partial charge in [0.25, 0.3) is 0 Å². The van der Waals surface area contributed by atoms with Crippen molar-refractivity contribution in [2.75, 3.05) is 5.88 Å². The van der Waals surface area contributed by atoms with Crippen molar-refractivity contribution < 1.29 is 18.3 Å². The number of rotatable bonds is 0. The second-order valence-electron chi connectivity index (χ2n) is 1.62. The highest BCUT2D eigenvalue weighted by molar-refractivity contribution is 8.00. The molecule has 1 heterocycles. The number of aliphatic hydroxyl groups is 1. The Morgan fingerprint density at radius 1 is 1.50 bits per heavy atom. The fourth-order valence-electron chi connectivity index (χ4n) is 0.411. The maximum Gasteiger partial charge on any atom is 0.451 e. The molecular weight excluding hydrogens is 169 g/mol. The molecule has 1 aliphatic rings. The van der Waals surface area contributed by atoms with Gasteiger partial charge >= 0.3 is 11.2 Å². The Morgan fingerprint density at radius 2 is 2.10 bits per heavy atom. The Labute approximate surface area is 58.3 Å². The summed E-state index contributed by atoms with van der Waals surface area (Å²) in [6, 6.07) is 0. The van der Waals surface area contributed by atoms with Crippen LogP contribution in [0.25, 0.3) is 0 Å². The van der Waals surface area contributed by atoms with Crippen molar-refractivity contribution in [1.82, 2.24) is 0 Å². The normalized spacial score (nSPS) is 33.2. The van der Waals surface area contributed by atoms with E-state index in [4.69, 9.17) is 5.11 Å². The molecule has 10 heavy (non-hydrogen) atoms. The van der Waals surface area contributed by atoms with E-state index in [-0.39, 0.29) is 17.6 Å². The number of nitrogens with zero attached hydrogens (tertiary/aromatic N) is 2. The summed E-state index contributed by atoms with van der Waals surface area (Å²) in [6.45, 7) is 0. The van der Waals surface area contributed by atoms with Crippen molar-refractivity contribution in [3.8, 4) is 0 Å². The number of halogens is 3. The van der Waals surface area contributed by atoms with Crippen LogP contribution in [0.5, 0.6) is 0 Å². The average molecular weight is 172 g/mol. The van der Waals surface area contributed by atoms with Crippen LogP contribution in [-0.2, 0) is 0 Å². The topological polar surface area (TPSA) is 45.0 Å². The molecule has 0 aliphatic carbocycles. The average Bonchev–Trinajstić information content (AvgIpc) is 2.13. The molecule has 1 rings (SSSR count). The Morgan fingerprint density at radius 3 is 2.30 bits per heavy atom. The Hall–Kier alpha value is -0.300. The van der Waals surface area contributed by atoms with Crippen LogP contribution >= 0.6 is 11.8 Å². The molecule has 1 atom stereocenters. The summed E-state index contributed by atoms with van der Waals surface area (Å²) >= 11 is 0.249. The lowest BCUT2D eigenvalue weighted by Gasteiger charge is -2.18. The van der Waals surface area contributed by atoms with Gasteiger partial charge in [-0.1, -0.05) is 11.8 Å². The van der Waals surface area contributed by atoms with Gasteiger partial charge in [-0.2, -0.15) is 18.3 Å². The Bertz CT molecular complexity index is 170. The molecule has 0 radical (unpaired) electrons. The molecule has 7 heteroatoms. The molecule has 1 N–H and O–H groups in total. The minimum absolute atomic E-state index is 0.143. The summed E-state index contributed by atoms with van der Waals surface area (Å²) in [5.74, 6) is -0.143. The van der Waals surface area contributed by atoms with E-state index in [9.17, 15) is 13.2 Å². The molecule has 0 aromatic carbocycles. The number of hydrogen-bond donors (Lipinski definition) is 1. The first-order valence-corrected chi connectivity index (χ1v) is 3.26. The SMILES string of the molecule is OC1(C(F)(F)F)N=NCS1. The quantitative estimate of drug-likeness (QED) is 0.599. The largest absolute Gasteiger partial charge is 0.451 e. The standard InChI is InChI=1S/C3H3F3N2OS/c4-2(5,6)3(9)8-7-1-10-3/h9H,1H2. The Kier molecular flexibility index (Phi) is 1.63. The predicted octanol–water partition coefficient (Wildman–Crippen LogP) is 1.35. The monoisotopic (exact) mass is 172 g/mol. The van der Waals surface area contributed by atoms with E-state index < -0.39 is 11.2 Å². The lowest BCUT2D eigenvalue weighted by molar-refractivity contribution is -0.217. The number of alkyl halides is 3. The van der Waals surface area contributed by atoms with Crippen LogP contribution < -0.4 is 0 Å². The fraction of sp³-hybridized carbons (Fsp3) is 1.00. The first-order chi connectivity index (χ1) is 4.46. The van der Waals surface area contributed by atoms with E-state index in [0.29, 0.717) is 0 Å². The van der Waals surface area contributed by atoms with Crippen LogP contribution in [0, 0.1) is 0 Å². The van der Waals surface area contributed by atoms with Crippen molar-refractivity contribution in [2.24, 2.45) is 10.2 Å². The highest BCUT2D eigenvalue weighted by atomic mass is 32.2. The second kappa shape index (κ2) is 2.09. The van der Waals surface area contributed by atoms with E-state index in [1.54, 1.807) is 0 Å². The van der Waals surface area contributed by atoms with Crippen LogP contribution in [0.3, 0.4) is 0 Å². The molecule has 0 spiro atoms. The van der Waals surface area contributed by atoms with Crippen molar-refractivity contribution in [1.29, 1.82) is 0 Å². The van der Waals surface area contributed by atoms with Crippen molar-refractivity contribution in [3.63, 3.8) is 0 Å². The maximum atomic E-state index is 11.7. The number of hydrogen-bond acceptors (Lipinski definition) is 4. The lowest BCUT2D eigenvalue weighted by Crippen LogP contribution is -2.38. The molecular formula is C3H3F3N2OS. The molecule has 0 fully saturated rings. The molecule has 0 saturated carbocycles. The number of azo groups is 1. The van der Waals surface area contributed by atoms with Crippen LogP contribution in [0.2, 0.25) is 0 Å². The van der Waals surface area contributed by atoms with Crippen LogP contribution in [-0.4, -0.2) is 22.2 Å². The van der Waals surface area contributed by atoms with Gasteiger partial charge in [0.2, 0.25) is 0 Å². The van der Waals surface area contributed by atoms with Crippen molar-refractivity contribution in [2.45, 2.75) is 11.2 Å². The molecule has 3 nitrogen and oxygen atoms in total. The van der Waals surface area contributed by atoms with E-state index in [2.05, 4.69) is 10.2 Å². The van der Waals surface area contributed by atoms with Gasteiger partial charge in [0.1, 0.15) is 5.88 Å². The van der Waals surface area contributed by atoms with Crippen LogP contribution in [0.4, 0.5) is 13.2 Å². The van der Waals surface area contributed by atoms with Gasteiger partial charge < -0.3 is 5.11 Å². The van der Waals surface area contributed by atoms with E-state index in [1.807, 2.05) is 0 Å². The second-order valence-corrected chi connectivity index (χ2v) is 2.74. The lowest BCUT2D eigenvalue weighted by atomic mass is 10.6. The molecule has 58 valence electrons. The van der Waals surface area contributed by atoms with Crippen molar-refractivity contribution >= 4 is 11.8 Å². The van der Waals surface area contributed by atoms with Gasteiger partial charge in [-0.05, 0) is 0 Å². The van der Waals surface area contributed by atoms with E-state index in [1.165, 1.54) is 0 Å². The molecule has 1 unspecified atom stereocenters. The third-order valence-electron chi connectivity index (χ3n) is 0.899. The summed E-state index contributed by atoms with van der Waals surface area (Å²) in [4.78, 5) is 0. The zero-order valence-corrected chi connectivity index (χ0v) is 5.41. The van der Waals surface area contributed by atoms with Gasteiger partial charge in [0, 0.05) is 0 Å². The zero-order chi connectivity index (χ0) is 7.83. The Balaban J connectivity index is 2.78. The summed E-state index contributed by atoms with van der Waals surface area (Å²) in [5, 5.41) is 11.3. The third kappa shape index (κ3) is 1.10. The smallest absolute Gasteiger partial charge is 0.353 e. The highest BCUT2D eigenvalue weighted by Crippen LogP contribution is 2.43. The molecule has 0 amide bonds. The van der Waals surface area contributed by atoms with Gasteiger partial charge in [-0.15, -0.1) is 5.11 Å². The molecule has 1 aliphatic heterocycles. The highest BCUT2D eigenvalue weighted by Gasteiger charge is 2.57. The van der Waals surface area contributed by atoms with E-state index >= 15 is 0 Å². The van der Waals surface area contributed by atoms with Crippen molar-refractivity contribution in [3.05, 3.63) is 0 Å². The van der Waals surface area contributed by atoms with Crippen LogP contribution in [0.15, 0.2) is 10.2 Å². The maximum absolute atomic E-state index is 11.7. The predicted molar refractivity (Wildman–Crippen MR) is 28.3 cm³/mol. The third-order valence-corrected chi connectivity index (χ3v) is 1.86. The first kappa shape index (κ1) is 7.80. The van der Waals surface area contributed by atoms with Gasteiger partial charge in [0.15, 0.2) is 0 Å². The van der Waals surface area contributed by atoms with E-state index in [0.717, 1.165) is 0 Å². The summed E-state index contributed by atoms with van der Waals surface area (Å²) in [5.41, 5.74) is 0. The number of thioether (sulfide) groups is 1. The minimum atomic E-state index is -4.72. The summed E-state index contributed by atoms with van der Waals surface area (Å²) < 4.78 is 35.2. The summed E-state index contributed by atoms with van der Waals surface area (Å²) in [6.07, 6.45) is -4.72. The summed E-state index contributed by atoms with van der Waals surface area (Å²) in [7, 11) is 0. The van der Waals surface area contributed by atoms with Crippen LogP contribution in [0.1, 0.15) is 0 Å². The minimum Gasteiger partial charge on any atom is -0.353 e. The van der Waals surface area contributed by atoms with Gasteiger partial charge in [0.05, 0.1) is 0 Å². The molecule has 0 aromatic heterocycles.